The quantitative estimate of drug-likeness (QED) is 0.293. The van der Waals surface area contributed by atoms with E-state index in [0.717, 1.165) is 51.2 Å². The van der Waals surface area contributed by atoms with Crippen molar-refractivity contribution in [3.8, 4) is 11.4 Å². The second-order valence-corrected chi connectivity index (χ2v) is 15.0. The van der Waals surface area contributed by atoms with E-state index in [9.17, 15) is 14.1 Å². The Bertz CT molecular complexity index is 1770. The Hall–Kier alpha value is -4.19. The summed E-state index contributed by atoms with van der Waals surface area (Å²) >= 11 is 6.02. The van der Waals surface area contributed by atoms with Crippen LogP contribution in [0.1, 0.15) is 46.5 Å². The maximum absolute atomic E-state index is 12.7. The molecule has 2 aliphatic heterocycles. The molecule has 1 aromatic heterocycles. The number of methoxy groups -OCH3 is 1. The van der Waals surface area contributed by atoms with Gasteiger partial charge in [0.25, 0.3) is 5.91 Å². The summed E-state index contributed by atoms with van der Waals surface area (Å²) in [6.07, 6.45) is 4.36. The first-order valence-corrected chi connectivity index (χ1v) is 17.8. The monoisotopic (exact) mass is 662 g/mol. The Balaban J connectivity index is 0.000000182. The first kappa shape index (κ1) is 33.2. The van der Waals surface area contributed by atoms with E-state index in [0.29, 0.717) is 43.3 Å². The molecule has 2 amide bonds. The molecule has 3 aromatic carbocycles. The molecule has 46 heavy (non-hydrogen) atoms. The molecule has 242 valence electrons. The lowest BCUT2D eigenvalue weighted by atomic mass is 10.00. The Morgan fingerprint density at radius 1 is 0.935 bits per heavy atom. The van der Waals surface area contributed by atoms with Crippen LogP contribution >= 0.6 is 21.9 Å². The van der Waals surface area contributed by atoms with E-state index in [-0.39, 0.29) is 11.8 Å². The number of aryl methyl sites for hydroxylation is 1. The molecule has 0 unspecified atom stereocenters. The highest BCUT2D eigenvalue weighted by Crippen LogP contribution is 2.44. The molecule has 0 saturated carbocycles. The van der Waals surface area contributed by atoms with E-state index < -0.39 is 10.3 Å². The average molecular weight is 663 g/mol. The number of fused-ring (bicyclic) bond motifs is 3. The van der Waals surface area contributed by atoms with Crippen LogP contribution in [0.15, 0.2) is 76.6 Å². The Kier molecular flexibility index (Phi) is 10.1. The summed E-state index contributed by atoms with van der Waals surface area (Å²) in [4.78, 5) is 33.3. The minimum atomic E-state index is -1.84. The summed E-state index contributed by atoms with van der Waals surface area (Å²) in [6.45, 7) is 6.46. The normalized spacial score (nSPS) is 14.9. The van der Waals surface area contributed by atoms with Crippen molar-refractivity contribution in [3.05, 3.63) is 100 Å². The standard InChI is InChI=1S/C18H15ClN4O.C16H24N2O3S/c1-11-21-22-17-10-20-18(12-3-5-13(19)6-4-12)15-9-14(24-2)7-8-16(15)23(11)17;1-13(19)17-8-5-9-18(11-10-17)16(20)14-6-4-7-15(12-14)22(2,3)21/h3-9H,10H2,1-2H3;4,6-7,12,21H,5,8-11H2,1-3H3. The van der Waals surface area contributed by atoms with Crippen molar-refractivity contribution in [1.82, 2.24) is 24.6 Å². The molecule has 1 saturated heterocycles. The minimum absolute atomic E-state index is 0.0316. The van der Waals surface area contributed by atoms with Crippen molar-refractivity contribution in [2.45, 2.75) is 31.7 Å². The lowest BCUT2D eigenvalue weighted by Crippen LogP contribution is -2.36. The third kappa shape index (κ3) is 7.43. The van der Waals surface area contributed by atoms with Gasteiger partial charge in [-0.2, -0.15) is 0 Å². The average Bonchev–Trinajstić information content (AvgIpc) is 3.19. The third-order valence-electron chi connectivity index (χ3n) is 7.97. The predicted molar refractivity (Wildman–Crippen MR) is 183 cm³/mol. The van der Waals surface area contributed by atoms with Crippen LogP contribution in [-0.2, 0) is 11.3 Å². The van der Waals surface area contributed by atoms with Crippen molar-refractivity contribution >= 4 is 39.4 Å². The minimum Gasteiger partial charge on any atom is -0.497 e. The van der Waals surface area contributed by atoms with Crippen LogP contribution in [0, 0.1) is 6.92 Å². The van der Waals surface area contributed by atoms with Crippen molar-refractivity contribution in [3.63, 3.8) is 0 Å². The third-order valence-corrected chi connectivity index (χ3v) is 9.63. The number of halogens is 1. The highest BCUT2D eigenvalue weighted by molar-refractivity contribution is 8.28. The van der Waals surface area contributed by atoms with Gasteiger partial charge < -0.3 is 19.1 Å². The van der Waals surface area contributed by atoms with Gasteiger partial charge in [0, 0.05) is 59.7 Å². The van der Waals surface area contributed by atoms with Gasteiger partial charge in [-0.05, 0) is 74.4 Å². The molecule has 3 heterocycles. The van der Waals surface area contributed by atoms with Crippen LogP contribution in [0.4, 0.5) is 0 Å². The number of hydrogen-bond donors (Lipinski definition) is 1. The van der Waals surface area contributed by atoms with Gasteiger partial charge in [0.2, 0.25) is 5.91 Å². The number of carbonyl (C=O) groups excluding carboxylic acids is 2. The van der Waals surface area contributed by atoms with Gasteiger partial charge >= 0.3 is 0 Å². The Morgan fingerprint density at radius 3 is 2.35 bits per heavy atom. The van der Waals surface area contributed by atoms with Crippen molar-refractivity contribution in [2.24, 2.45) is 4.99 Å². The van der Waals surface area contributed by atoms with E-state index in [4.69, 9.17) is 21.3 Å². The summed E-state index contributed by atoms with van der Waals surface area (Å²) in [6, 6.07) is 20.9. The molecule has 0 bridgehead atoms. The van der Waals surface area contributed by atoms with Crippen LogP contribution in [0.5, 0.6) is 5.75 Å². The van der Waals surface area contributed by atoms with E-state index in [2.05, 4.69) is 10.2 Å². The Morgan fingerprint density at radius 2 is 1.65 bits per heavy atom. The van der Waals surface area contributed by atoms with E-state index in [1.165, 1.54) is 0 Å². The molecule has 4 aromatic rings. The van der Waals surface area contributed by atoms with Crippen molar-refractivity contribution in [2.75, 3.05) is 45.8 Å². The Labute approximate surface area is 276 Å². The number of aromatic nitrogens is 3. The van der Waals surface area contributed by atoms with Crippen LogP contribution in [0.25, 0.3) is 5.69 Å². The van der Waals surface area contributed by atoms with Crippen LogP contribution in [0.3, 0.4) is 0 Å². The highest BCUT2D eigenvalue weighted by atomic mass is 35.5. The number of amides is 2. The number of nitrogens with zero attached hydrogens (tertiary/aromatic N) is 6. The fourth-order valence-electron chi connectivity index (χ4n) is 5.50. The molecule has 6 rings (SSSR count). The van der Waals surface area contributed by atoms with E-state index in [1.807, 2.05) is 66.1 Å². The summed E-state index contributed by atoms with van der Waals surface area (Å²) in [5, 5.41) is 9.14. The first-order chi connectivity index (χ1) is 22.0. The van der Waals surface area contributed by atoms with Gasteiger partial charge in [0.15, 0.2) is 5.82 Å². The molecule has 1 N–H and O–H groups in total. The van der Waals surface area contributed by atoms with Gasteiger partial charge in [-0.1, -0.05) is 29.8 Å². The molecule has 2 aliphatic rings. The number of aliphatic imine (C=N–C) groups is 1. The van der Waals surface area contributed by atoms with Crippen molar-refractivity contribution in [1.29, 1.82) is 0 Å². The van der Waals surface area contributed by atoms with Crippen LogP contribution < -0.4 is 4.74 Å². The highest BCUT2D eigenvalue weighted by Gasteiger charge is 2.24. The number of hydrogen-bond acceptors (Lipinski definition) is 7. The smallest absolute Gasteiger partial charge is 0.253 e. The lowest BCUT2D eigenvalue weighted by molar-refractivity contribution is -0.128. The number of carbonyl (C=O) groups is 2. The van der Waals surface area contributed by atoms with Crippen LogP contribution in [0.2, 0.25) is 5.02 Å². The molecule has 1 fully saturated rings. The summed E-state index contributed by atoms with van der Waals surface area (Å²) < 4.78 is 17.6. The second-order valence-electron chi connectivity index (χ2n) is 11.5. The predicted octanol–water partition coefficient (Wildman–Crippen LogP) is 5.87. The van der Waals surface area contributed by atoms with Gasteiger partial charge in [-0.3, -0.25) is 19.1 Å². The molecule has 0 atom stereocenters. The fourth-order valence-corrected chi connectivity index (χ4v) is 6.45. The largest absolute Gasteiger partial charge is 0.497 e. The fraction of sp³-hybridized carbons (Fsp3) is 0.324. The second kappa shape index (κ2) is 14.1. The van der Waals surface area contributed by atoms with Gasteiger partial charge in [-0.25, -0.2) is 0 Å². The molecule has 10 nitrogen and oxygen atoms in total. The number of ether oxygens (including phenoxy) is 1. The lowest BCUT2D eigenvalue weighted by Gasteiger charge is -2.25. The molecule has 12 heteroatoms. The molecule has 0 radical (unpaired) electrons. The van der Waals surface area contributed by atoms with Gasteiger partial charge in [0.1, 0.15) is 18.1 Å². The summed E-state index contributed by atoms with van der Waals surface area (Å²) in [5.74, 6) is 2.47. The zero-order valence-corrected chi connectivity index (χ0v) is 28.3. The maximum Gasteiger partial charge on any atom is 0.253 e. The van der Waals surface area contributed by atoms with E-state index >= 15 is 0 Å². The first-order valence-electron chi connectivity index (χ1n) is 15.0. The number of rotatable bonds is 4. The SMILES string of the molecule is CC(=O)N1CCCN(C(=O)c2cccc(S(C)(C)O)c2)CC1.COc1ccc2c(c1)C(c1ccc(Cl)cc1)=NCc1nnc(C)n1-2. The zero-order valence-electron chi connectivity index (χ0n) is 26.7. The molecular formula is C34H39ClN6O4S. The van der Waals surface area contributed by atoms with E-state index in [1.54, 1.807) is 48.5 Å². The molecular weight excluding hydrogens is 624 g/mol. The topological polar surface area (TPSA) is 113 Å². The number of benzene rings is 3. The van der Waals surface area contributed by atoms with Crippen molar-refractivity contribution < 1.29 is 18.9 Å². The molecule has 0 spiro atoms. The van der Waals surface area contributed by atoms with Crippen LogP contribution in [-0.4, -0.2) is 92.4 Å². The molecule has 0 aliphatic carbocycles. The van der Waals surface area contributed by atoms with Gasteiger partial charge in [-0.15, -0.1) is 20.5 Å². The van der Waals surface area contributed by atoms with Gasteiger partial charge in [0.05, 0.1) is 18.5 Å². The maximum atomic E-state index is 12.7. The summed E-state index contributed by atoms with van der Waals surface area (Å²) in [5.41, 5.74) is 4.48. The summed E-state index contributed by atoms with van der Waals surface area (Å²) in [7, 11) is -0.181. The zero-order chi connectivity index (χ0) is 33.0.